The quantitative estimate of drug-likeness (QED) is 0.893. The van der Waals surface area contributed by atoms with E-state index in [9.17, 15) is 8.42 Å². The molecule has 1 aromatic heterocycles. The third-order valence-electron chi connectivity index (χ3n) is 3.34. The normalized spacial score (nSPS) is 18.3. The van der Waals surface area contributed by atoms with E-state index in [1.54, 1.807) is 18.4 Å². The van der Waals surface area contributed by atoms with Gasteiger partial charge in [-0.3, -0.25) is 0 Å². The largest absolute Gasteiger partial charge is 0.317 e. The Bertz CT molecular complexity index is 450. The summed E-state index contributed by atoms with van der Waals surface area (Å²) >= 11 is 1.60. The monoisotopic (exact) mass is 288 g/mol. The highest BCUT2D eigenvalue weighted by Gasteiger charge is 2.24. The van der Waals surface area contributed by atoms with Crippen molar-refractivity contribution in [2.24, 2.45) is 5.92 Å². The van der Waals surface area contributed by atoms with Crippen LogP contribution in [0.3, 0.4) is 0 Å². The molecule has 0 aliphatic carbocycles. The summed E-state index contributed by atoms with van der Waals surface area (Å²) in [4.78, 5) is 1.09. The topological polar surface area (TPSA) is 49.4 Å². The summed E-state index contributed by atoms with van der Waals surface area (Å²) in [6.07, 6.45) is 1.93. The number of piperidine rings is 1. The summed E-state index contributed by atoms with van der Waals surface area (Å²) in [7, 11) is -1.45. The van der Waals surface area contributed by atoms with Crippen LogP contribution in [-0.4, -0.2) is 38.6 Å². The fraction of sp³-hybridized carbons (Fsp3) is 0.667. The van der Waals surface area contributed by atoms with Crippen LogP contribution in [0.2, 0.25) is 0 Å². The molecule has 6 heteroatoms. The van der Waals surface area contributed by atoms with Crippen LogP contribution in [0.25, 0.3) is 0 Å². The molecule has 0 saturated carbocycles. The van der Waals surface area contributed by atoms with Gasteiger partial charge in [0.25, 0.3) is 0 Å². The van der Waals surface area contributed by atoms with Crippen LogP contribution in [0.1, 0.15) is 17.7 Å². The van der Waals surface area contributed by atoms with Crippen molar-refractivity contribution in [2.75, 3.05) is 25.9 Å². The van der Waals surface area contributed by atoms with Crippen LogP contribution in [0.15, 0.2) is 17.5 Å². The van der Waals surface area contributed by atoms with Gasteiger partial charge in [-0.1, -0.05) is 6.07 Å². The van der Waals surface area contributed by atoms with Crippen molar-refractivity contribution in [3.05, 3.63) is 22.4 Å². The summed E-state index contributed by atoms with van der Waals surface area (Å²) in [5.74, 6) is 0.596. The fourth-order valence-electron chi connectivity index (χ4n) is 2.19. The Kier molecular flexibility index (Phi) is 4.77. The molecule has 0 amide bonds. The SMILES string of the molecule is CN(Cc1cccs1)S(=O)(=O)CC1CCNCC1. The Hall–Kier alpha value is -0.430. The molecule has 0 unspecified atom stereocenters. The molecule has 1 aliphatic rings. The Balaban J connectivity index is 1.92. The number of hydrogen-bond acceptors (Lipinski definition) is 4. The van der Waals surface area contributed by atoms with Gasteiger partial charge in [0.2, 0.25) is 10.0 Å². The number of thiophene rings is 1. The predicted molar refractivity (Wildman–Crippen MR) is 75.2 cm³/mol. The van der Waals surface area contributed by atoms with E-state index in [0.717, 1.165) is 30.8 Å². The number of rotatable bonds is 5. The molecular weight excluding hydrogens is 268 g/mol. The third-order valence-corrected chi connectivity index (χ3v) is 6.17. The molecule has 1 aliphatic heterocycles. The van der Waals surface area contributed by atoms with Crippen molar-refractivity contribution in [3.8, 4) is 0 Å². The highest BCUT2D eigenvalue weighted by Crippen LogP contribution is 2.18. The molecule has 1 fully saturated rings. The standard InChI is InChI=1S/C12H20N2O2S2/c1-14(9-12-3-2-8-17-12)18(15,16)10-11-4-6-13-7-5-11/h2-3,8,11,13H,4-7,9-10H2,1H3. The number of sulfonamides is 1. The van der Waals surface area contributed by atoms with E-state index in [-0.39, 0.29) is 5.75 Å². The van der Waals surface area contributed by atoms with E-state index >= 15 is 0 Å². The summed E-state index contributed by atoms with van der Waals surface area (Å²) in [5.41, 5.74) is 0. The zero-order valence-corrected chi connectivity index (χ0v) is 12.3. The Morgan fingerprint density at radius 2 is 2.17 bits per heavy atom. The van der Waals surface area contributed by atoms with E-state index in [4.69, 9.17) is 0 Å². The molecule has 0 spiro atoms. The van der Waals surface area contributed by atoms with Gasteiger partial charge in [0.15, 0.2) is 0 Å². The van der Waals surface area contributed by atoms with Crippen molar-refractivity contribution in [2.45, 2.75) is 19.4 Å². The van der Waals surface area contributed by atoms with Gasteiger partial charge in [-0.25, -0.2) is 8.42 Å². The van der Waals surface area contributed by atoms with Crippen LogP contribution < -0.4 is 5.32 Å². The van der Waals surface area contributed by atoms with Gasteiger partial charge in [-0.05, 0) is 43.3 Å². The van der Waals surface area contributed by atoms with Crippen LogP contribution in [0.5, 0.6) is 0 Å². The first-order chi connectivity index (χ1) is 8.58. The molecule has 0 aromatic carbocycles. The Morgan fingerprint density at radius 3 is 2.78 bits per heavy atom. The van der Waals surface area contributed by atoms with Gasteiger partial charge in [0, 0.05) is 18.5 Å². The molecule has 0 radical (unpaired) electrons. The highest BCUT2D eigenvalue weighted by atomic mass is 32.2. The highest BCUT2D eigenvalue weighted by molar-refractivity contribution is 7.89. The van der Waals surface area contributed by atoms with Gasteiger partial charge >= 0.3 is 0 Å². The van der Waals surface area contributed by atoms with Crippen LogP contribution in [0.4, 0.5) is 0 Å². The first-order valence-electron chi connectivity index (χ1n) is 6.25. The first kappa shape index (κ1) is 14.0. The van der Waals surface area contributed by atoms with Crippen molar-refractivity contribution in [1.82, 2.24) is 9.62 Å². The number of nitrogens with one attached hydrogen (secondary N) is 1. The first-order valence-corrected chi connectivity index (χ1v) is 8.74. The minimum absolute atomic E-state index is 0.288. The second-order valence-electron chi connectivity index (χ2n) is 4.81. The second-order valence-corrected chi connectivity index (χ2v) is 7.96. The van der Waals surface area contributed by atoms with E-state index in [1.807, 2.05) is 17.5 Å². The van der Waals surface area contributed by atoms with Gasteiger partial charge in [0.1, 0.15) is 0 Å². The fourth-order valence-corrected chi connectivity index (χ4v) is 4.55. The summed E-state index contributed by atoms with van der Waals surface area (Å²) in [6.45, 7) is 2.37. The molecule has 2 rings (SSSR count). The Labute approximate surface area is 113 Å². The smallest absolute Gasteiger partial charge is 0.214 e. The molecule has 0 atom stereocenters. The van der Waals surface area contributed by atoms with Crippen LogP contribution >= 0.6 is 11.3 Å². The third kappa shape index (κ3) is 3.78. The lowest BCUT2D eigenvalue weighted by molar-refractivity contribution is 0.389. The van der Waals surface area contributed by atoms with Gasteiger partial charge in [0.05, 0.1) is 5.75 Å². The lowest BCUT2D eigenvalue weighted by Gasteiger charge is -2.25. The average molecular weight is 288 g/mol. The summed E-state index contributed by atoms with van der Waals surface area (Å²) < 4.78 is 26.0. The molecule has 2 heterocycles. The predicted octanol–water partition coefficient (Wildman–Crippen LogP) is 1.51. The minimum atomic E-state index is -3.12. The minimum Gasteiger partial charge on any atom is -0.317 e. The van der Waals surface area contributed by atoms with Crippen LogP contribution in [0, 0.1) is 5.92 Å². The zero-order chi connectivity index (χ0) is 13.0. The molecule has 4 nitrogen and oxygen atoms in total. The molecule has 1 aromatic rings. The Morgan fingerprint density at radius 1 is 1.44 bits per heavy atom. The molecule has 18 heavy (non-hydrogen) atoms. The van der Waals surface area contributed by atoms with Crippen molar-refractivity contribution < 1.29 is 8.42 Å². The zero-order valence-electron chi connectivity index (χ0n) is 10.6. The van der Waals surface area contributed by atoms with Gasteiger partial charge in [-0.15, -0.1) is 11.3 Å². The van der Waals surface area contributed by atoms with Crippen molar-refractivity contribution in [1.29, 1.82) is 0 Å². The molecular formula is C12H20N2O2S2. The van der Waals surface area contributed by atoms with E-state index in [1.165, 1.54) is 4.31 Å². The summed E-state index contributed by atoms with van der Waals surface area (Å²) in [6, 6.07) is 3.93. The van der Waals surface area contributed by atoms with E-state index < -0.39 is 10.0 Å². The van der Waals surface area contributed by atoms with Gasteiger partial charge < -0.3 is 5.32 Å². The van der Waals surface area contributed by atoms with Crippen molar-refractivity contribution in [3.63, 3.8) is 0 Å². The maximum absolute atomic E-state index is 12.2. The van der Waals surface area contributed by atoms with Gasteiger partial charge in [-0.2, -0.15) is 4.31 Å². The molecule has 102 valence electrons. The lowest BCUT2D eigenvalue weighted by atomic mass is 10.0. The maximum atomic E-state index is 12.2. The molecule has 1 N–H and O–H groups in total. The number of nitrogens with zero attached hydrogens (tertiary/aromatic N) is 1. The lowest BCUT2D eigenvalue weighted by Crippen LogP contribution is -2.36. The number of hydrogen-bond donors (Lipinski definition) is 1. The van der Waals surface area contributed by atoms with Crippen molar-refractivity contribution >= 4 is 21.4 Å². The maximum Gasteiger partial charge on any atom is 0.214 e. The van der Waals surface area contributed by atoms with Crippen LogP contribution in [-0.2, 0) is 16.6 Å². The molecule has 0 bridgehead atoms. The van der Waals surface area contributed by atoms with E-state index in [0.29, 0.717) is 12.5 Å². The molecule has 1 saturated heterocycles. The van der Waals surface area contributed by atoms with E-state index in [2.05, 4.69) is 5.32 Å². The summed E-state index contributed by atoms with van der Waals surface area (Å²) in [5, 5.41) is 5.23. The second kappa shape index (κ2) is 6.14. The average Bonchev–Trinajstić information content (AvgIpc) is 2.82.